The van der Waals surface area contributed by atoms with E-state index in [2.05, 4.69) is 5.32 Å². The van der Waals surface area contributed by atoms with Crippen molar-refractivity contribution in [3.8, 4) is 0 Å². The van der Waals surface area contributed by atoms with Crippen molar-refractivity contribution in [1.82, 2.24) is 10.2 Å². The number of carbonyl (C=O) groups is 2. The molecule has 0 unspecified atom stereocenters. The molecule has 0 aromatic carbocycles. The molecule has 1 aromatic rings. The summed E-state index contributed by atoms with van der Waals surface area (Å²) in [6.45, 7) is 4.25. The fourth-order valence-electron chi connectivity index (χ4n) is 1.70. The Balaban J connectivity index is 2.35. The van der Waals surface area contributed by atoms with Gasteiger partial charge in [0.25, 0.3) is 5.91 Å². The Bertz CT molecular complexity index is 401. The zero-order chi connectivity index (χ0) is 14.3. The number of rotatable bonds is 7. The van der Waals surface area contributed by atoms with E-state index in [1.165, 1.54) is 6.26 Å². The zero-order valence-electron chi connectivity index (χ0n) is 11.3. The topological polar surface area (TPSA) is 82.8 Å². The maximum absolute atomic E-state index is 11.9. The van der Waals surface area contributed by atoms with E-state index in [0.29, 0.717) is 6.54 Å². The molecule has 0 bridgehead atoms. The van der Waals surface area contributed by atoms with Crippen LogP contribution in [0.25, 0.3) is 0 Å². The maximum Gasteiger partial charge on any atom is 0.286 e. The number of hydrogen-bond acceptors (Lipinski definition) is 4. The summed E-state index contributed by atoms with van der Waals surface area (Å²) in [6.07, 6.45) is 1.62. The predicted octanol–water partition coefficient (Wildman–Crippen LogP) is 0.629. The van der Waals surface area contributed by atoms with Gasteiger partial charge in [-0.15, -0.1) is 0 Å². The second-order valence-corrected chi connectivity index (χ2v) is 4.39. The highest BCUT2D eigenvalue weighted by Gasteiger charge is 2.16. The van der Waals surface area contributed by atoms with Crippen LogP contribution in [0, 0.1) is 0 Å². The minimum absolute atomic E-state index is 0.0282. The van der Waals surface area contributed by atoms with Gasteiger partial charge in [-0.1, -0.05) is 0 Å². The third-order valence-corrected chi connectivity index (χ3v) is 2.65. The van der Waals surface area contributed by atoms with Gasteiger partial charge in [-0.05, 0) is 26.0 Å². The average Bonchev–Trinajstić information content (AvgIpc) is 2.89. The van der Waals surface area contributed by atoms with Gasteiger partial charge in [0.15, 0.2) is 5.76 Å². The first-order chi connectivity index (χ1) is 9.06. The van der Waals surface area contributed by atoms with Crippen LogP contribution < -0.4 is 5.32 Å². The number of hydrogen-bond donors (Lipinski definition) is 2. The Labute approximate surface area is 112 Å². The van der Waals surface area contributed by atoms with E-state index in [1.54, 1.807) is 17.0 Å². The summed E-state index contributed by atoms with van der Waals surface area (Å²) in [5, 5.41) is 11.5. The van der Waals surface area contributed by atoms with E-state index in [0.717, 1.165) is 0 Å². The van der Waals surface area contributed by atoms with Crippen LogP contribution in [0.2, 0.25) is 0 Å². The molecule has 0 aliphatic rings. The second kappa shape index (κ2) is 7.58. The first-order valence-electron chi connectivity index (χ1n) is 6.28. The van der Waals surface area contributed by atoms with E-state index >= 15 is 0 Å². The SMILES string of the molecule is CC(C)N(CCO)C(=O)CCNC(=O)c1ccco1. The standard InChI is InChI=1S/C13H20N2O4/c1-10(2)15(7-8-16)12(17)5-6-14-13(18)11-4-3-9-19-11/h3-4,9-10,16H,5-8H2,1-2H3,(H,14,18). The molecule has 0 fully saturated rings. The number of aliphatic hydroxyl groups is 1. The lowest BCUT2D eigenvalue weighted by Crippen LogP contribution is -2.40. The van der Waals surface area contributed by atoms with Crippen molar-refractivity contribution in [2.45, 2.75) is 26.3 Å². The van der Waals surface area contributed by atoms with Gasteiger partial charge in [-0.25, -0.2) is 0 Å². The van der Waals surface area contributed by atoms with Crippen LogP contribution in [-0.4, -0.2) is 47.6 Å². The highest BCUT2D eigenvalue weighted by atomic mass is 16.3. The van der Waals surface area contributed by atoms with Crippen LogP contribution >= 0.6 is 0 Å². The molecule has 1 heterocycles. The lowest BCUT2D eigenvalue weighted by atomic mass is 10.2. The minimum Gasteiger partial charge on any atom is -0.459 e. The second-order valence-electron chi connectivity index (χ2n) is 4.39. The van der Waals surface area contributed by atoms with Crippen LogP contribution in [0.15, 0.2) is 22.8 Å². The molecular formula is C13H20N2O4. The van der Waals surface area contributed by atoms with Crippen LogP contribution in [0.3, 0.4) is 0 Å². The molecule has 1 rings (SSSR count). The number of amides is 2. The van der Waals surface area contributed by atoms with Crippen LogP contribution in [-0.2, 0) is 4.79 Å². The summed E-state index contributed by atoms with van der Waals surface area (Å²) in [4.78, 5) is 25.0. The Morgan fingerprint density at radius 2 is 2.21 bits per heavy atom. The van der Waals surface area contributed by atoms with Gasteiger partial charge in [0.1, 0.15) is 0 Å². The van der Waals surface area contributed by atoms with Gasteiger partial charge in [-0.3, -0.25) is 9.59 Å². The van der Waals surface area contributed by atoms with Gasteiger partial charge in [0, 0.05) is 25.6 Å². The summed E-state index contributed by atoms with van der Waals surface area (Å²) in [6, 6.07) is 3.21. The maximum atomic E-state index is 11.9. The Morgan fingerprint density at radius 3 is 2.74 bits per heavy atom. The highest BCUT2D eigenvalue weighted by Crippen LogP contribution is 2.02. The van der Waals surface area contributed by atoms with Gasteiger partial charge in [0.05, 0.1) is 12.9 Å². The average molecular weight is 268 g/mol. The smallest absolute Gasteiger partial charge is 0.286 e. The normalized spacial score (nSPS) is 10.5. The van der Waals surface area contributed by atoms with Crippen LogP contribution in [0.4, 0.5) is 0 Å². The predicted molar refractivity (Wildman–Crippen MR) is 69.6 cm³/mol. The fraction of sp³-hybridized carbons (Fsp3) is 0.538. The summed E-state index contributed by atoms with van der Waals surface area (Å²) >= 11 is 0. The lowest BCUT2D eigenvalue weighted by Gasteiger charge is -2.25. The quantitative estimate of drug-likeness (QED) is 0.759. The molecule has 0 aliphatic heterocycles. The third-order valence-electron chi connectivity index (χ3n) is 2.65. The molecule has 0 spiro atoms. The Morgan fingerprint density at radius 1 is 1.47 bits per heavy atom. The van der Waals surface area contributed by atoms with Crippen molar-refractivity contribution in [2.75, 3.05) is 19.7 Å². The van der Waals surface area contributed by atoms with Crippen molar-refractivity contribution >= 4 is 11.8 Å². The van der Waals surface area contributed by atoms with Gasteiger partial charge in [0.2, 0.25) is 5.91 Å². The number of furan rings is 1. The molecule has 106 valence electrons. The van der Waals surface area contributed by atoms with E-state index < -0.39 is 0 Å². The first-order valence-corrected chi connectivity index (χ1v) is 6.28. The minimum atomic E-state index is -0.337. The summed E-state index contributed by atoms with van der Waals surface area (Å²) in [7, 11) is 0. The molecule has 6 nitrogen and oxygen atoms in total. The van der Waals surface area contributed by atoms with E-state index in [4.69, 9.17) is 9.52 Å². The molecule has 0 aliphatic carbocycles. The number of nitrogens with zero attached hydrogens (tertiary/aromatic N) is 1. The molecule has 0 radical (unpaired) electrons. The third kappa shape index (κ3) is 4.75. The van der Waals surface area contributed by atoms with Gasteiger partial charge in [-0.2, -0.15) is 0 Å². The number of nitrogens with one attached hydrogen (secondary N) is 1. The monoisotopic (exact) mass is 268 g/mol. The fourth-order valence-corrected chi connectivity index (χ4v) is 1.70. The van der Waals surface area contributed by atoms with Gasteiger partial charge < -0.3 is 19.7 Å². The van der Waals surface area contributed by atoms with Crippen molar-refractivity contribution in [1.29, 1.82) is 0 Å². The van der Waals surface area contributed by atoms with E-state index in [9.17, 15) is 9.59 Å². The molecular weight excluding hydrogens is 248 g/mol. The van der Waals surface area contributed by atoms with E-state index in [1.807, 2.05) is 13.8 Å². The van der Waals surface area contributed by atoms with Crippen molar-refractivity contribution in [3.05, 3.63) is 24.2 Å². The van der Waals surface area contributed by atoms with Crippen LogP contribution in [0.1, 0.15) is 30.8 Å². The van der Waals surface area contributed by atoms with Crippen molar-refractivity contribution in [3.63, 3.8) is 0 Å². The highest BCUT2D eigenvalue weighted by molar-refractivity contribution is 5.91. The molecule has 19 heavy (non-hydrogen) atoms. The largest absolute Gasteiger partial charge is 0.459 e. The Kier molecular flexibility index (Phi) is 6.08. The molecule has 0 atom stereocenters. The lowest BCUT2D eigenvalue weighted by molar-refractivity contribution is -0.133. The molecule has 0 saturated heterocycles. The molecule has 2 amide bonds. The molecule has 2 N–H and O–H groups in total. The zero-order valence-corrected chi connectivity index (χ0v) is 11.3. The summed E-state index contributed by atoms with van der Waals surface area (Å²) < 4.78 is 4.94. The van der Waals surface area contributed by atoms with Crippen molar-refractivity contribution < 1.29 is 19.1 Å². The van der Waals surface area contributed by atoms with E-state index in [-0.39, 0.29) is 43.2 Å². The summed E-state index contributed by atoms with van der Waals surface area (Å²) in [5.41, 5.74) is 0. The van der Waals surface area contributed by atoms with Gasteiger partial charge >= 0.3 is 0 Å². The first kappa shape index (κ1) is 15.2. The Hall–Kier alpha value is -1.82. The molecule has 6 heteroatoms. The van der Waals surface area contributed by atoms with Crippen LogP contribution in [0.5, 0.6) is 0 Å². The summed E-state index contributed by atoms with van der Waals surface area (Å²) in [5.74, 6) is -0.205. The number of carbonyl (C=O) groups excluding carboxylic acids is 2. The number of aliphatic hydroxyl groups excluding tert-OH is 1. The molecule has 1 aromatic heterocycles. The molecule has 0 saturated carbocycles. The van der Waals surface area contributed by atoms with Crippen molar-refractivity contribution in [2.24, 2.45) is 0 Å².